The lowest BCUT2D eigenvalue weighted by Crippen LogP contribution is -2.23. The molecule has 26 heavy (non-hydrogen) atoms. The van der Waals surface area contributed by atoms with Crippen LogP contribution < -0.4 is 5.32 Å². The summed E-state index contributed by atoms with van der Waals surface area (Å²) in [5, 5.41) is 2.59. The van der Waals surface area contributed by atoms with E-state index < -0.39 is 28.5 Å². The van der Waals surface area contributed by atoms with Gasteiger partial charge in [-0.2, -0.15) is 0 Å². The maximum atomic E-state index is 12.2. The van der Waals surface area contributed by atoms with Gasteiger partial charge in [0, 0.05) is 19.8 Å². The molecule has 0 aromatic heterocycles. The van der Waals surface area contributed by atoms with Crippen LogP contribution in [0.1, 0.15) is 10.4 Å². The molecule has 0 aliphatic carbocycles. The number of para-hydroxylation sites is 1. The van der Waals surface area contributed by atoms with Crippen LogP contribution in [0.5, 0.6) is 0 Å². The highest BCUT2D eigenvalue weighted by atomic mass is 35.5. The molecule has 0 heterocycles. The third-order valence-corrected chi connectivity index (χ3v) is 5.47. The Bertz CT molecular complexity index is 914. The SMILES string of the molecule is CN(C)S(=O)(=O)c1ccc(Cl)c(C(=O)OCC(=O)Nc2ccccc2)c1. The number of halogens is 1. The Morgan fingerprint density at radius 3 is 2.38 bits per heavy atom. The van der Waals surface area contributed by atoms with Gasteiger partial charge in [-0.25, -0.2) is 17.5 Å². The van der Waals surface area contributed by atoms with E-state index in [2.05, 4.69) is 5.32 Å². The van der Waals surface area contributed by atoms with Crippen molar-refractivity contribution in [2.24, 2.45) is 0 Å². The summed E-state index contributed by atoms with van der Waals surface area (Å²) in [6, 6.07) is 12.4. The van der Waals surface area contributed by atoms with E-state index in [1.807, 2.05) is 0 Å². The van der Waals surface area contributed by atoms with Gasteiger partial charge >= 0.3 is 5.97 Å². The van der Waals surface area contributed by atoms with Gasteiger partial charge in [-0.05, 0) is 30.3 Å². The molecule has 1 amide bonds. The molecule has 9 heteroatoms. The molecular weight excluding hydrogens is 380 g/mol. The van der Waals surface area contributed by atoms with E-state index in [-0.39, 0.29) is 15.5 Å². The fourth-order valence-electron chi connectivity index (χ4n) is 1.96. The molecule has 0 atom stereocenters. The van der Waals surface area contributed by atoms with Gasteiger partial charge < -0.3 is 10.1 Å². The first-order chi connectivity index (χ1) is 12.2. The number of amides is 1. The van der Waals surface area contributed by atoms with Crippen molar-refractivity contribution in [2.75, 3.05) is 26.0 Å². The highest BCUT2D eigenvalue weighted by Gasteiger charge is 2.21. The van der Waals surface area contributed by atoms with Crippen LogP contribution in [-0.4, -0.2) is 45.3 Å². The second-order valence-electron chi connectivity index (χ2n) is 5.42. The minimum atomic E-state index is -3.73. The van der Waals surface area contributed by atoms with E-state index >= 15 is 0 Å². The molecule has 0 unspecified atom stereocenters. The molecule has 0 aliphatic heterocycles. The number of ether oxygens (including phenoxy) is 1. The highest BCUT2D eigenvalue weighted by molar-refractivity contribution is 7.89. The van der Waals surface area contributed by atoms with E-state index in [0.717, 1.165) is 10.4 Å². The number of nitrogens with one attached hydrogen (secondary N) is 1. The van der Waals surface area contributed by atoms with Gasteiger partial charge in [-0.3, -0.25) is 4.79 Å². The van der Waals surface area contributed by atoms with Crippen LogP contribution >= 0.6 is 11.6 Å². The Morgan fingerprint density at radius 2 is 1.77 bits per heavy atom. The largest absolute Gasteiger partial charge is 0.452 e. The summed E-state index contributed by atoms with van der Waals surface area (Å²) in [5.74, 6) is -1.42. The summed E-state index contributed by atoms with van der Waals surface area (Å²) >= 11 is 5.96. The standard InChI is InChI=1S/C17H17ClN2O5S/c1-20(2)26(23,24)13-8-9-15(18)14(10-13)17(22)25-11-16(21)19-12-6-4-3-5-7-12/h3-10H,11H2,1-2H3,(H,19,21). The maximum Gasteiger partial charge on any atom is 0.340 e. The zero-order valence-corrected chi connectivity index (χ0v) is 15.7. The van der Waals surface area contributed by atoms with Crippen LogP contribution in [0.4, 0.5) is 5.69 Å². The molecule has 2 rings (SSSR count). The number of nitrogens with zero attached hydrogens (tertiary/aromatic N) is 1. The van der Waals surface area contributed by atoms with Crippen molar-refractivity contribution in [3.05, 3.63) is 59.1 Å². The predicted octanol–water partition coefficient (Wildman–Crippen LogP) is 2.39. The smallest absolute Gasteiger partial charge is 0.340 e. The minimum absolute atomic E-state index is 0.0242. The molecular formula is C17H17ClN2O5S. The Hall–Kier alpha value is -2.42. The van der Waals surface area contributed by atoms with E-state index in [1.54, 1.807) is 30.3 Å². The average molecular weight is 397 g/mol. The predicted molar refractivity (Wildman–Crippen MR) is 97.7 cm³/mol. The van der Waals surface area contributed by atoms with Crippen LogP contribution in [-0.2, 0) is 19.6 Å². The first-order valence-corrected chi connectivity index (χ1v) is 9.27. The van der Waals surface area contributed by atoms with Crippen molar-refractivity contribution in [3.8, 4) is 0 Å². The third kappa shape index (κ3) is 4.81. The number of anilines is 1. The summed E-state index contributed by atoms with van der Waals surface area (Å²) < 4.78 is 30.2. The summed E-state index contributed by atoms with van der Waals surface area (Å²) in [6.07, 6.45) is 0. The van der Waals surface area contributed by atoms with E-state index in [9.17, 15) is 18.0 Å². The fraction of sp³-hybridized carbons (Fsp3) is 0.176. The summed E-state index contributed by atoms with van der Waals surface area (Å²) in [6.45, 7) is -0.533. The normalized spacial score (nSPS) is 11.2. The van der Waals surface area contributed by atoms with Crippen LogP contribution in [0.3, 0.4) is 0 Å². The van der Waals surface area contributed by atoms with Gasteiger partial charge in [0.25, 0.3) is 5.91 Å². The lowest BCUT2D eigenvalue weighted by atomic mass is 10.2. The highest BCUT2D eigenvalue weighted by Crippen LogP contribution is 2.22. The third-order valence-electron chi connectivity index (χ3n) is 3.33. The monoisotopic (exact) mass is 396 g/mol. The quantitative estimate of drug-likeness (QED) is 0.757. The van der Waals surface area contributed by atoms with Crippen molar-refractivity contribution in [2.45, 2.75) is 4.90 Å². The lowest BCUT2D eigenvalue weighted by Gasteiger charge is -2.13. The molecule has 1 N–H and O–H groups in total. The average Bonchev–Trinajstić information content (AvgIpc) is 2.60. The molecule has 0 aliphatic rings. The van der Waals surface area contributed by atoms with Crippen molar-refractivity contribution < 1.29 is 22.7 Å². The summed E-state index contributed by atoms with van der Waals surface area (Å²) in [7, 11) is -0.992. The Kier molecular flexibility index (Phi) is 6.36. The van der Waals surface area contributed by atoms with Gasteiger partial charge in [-0.15, -0.1) is 0 Å². The molecule has 2 aromatic rings. The van der Waals surface area contributed by atoms with Crippen LogP contribution in [0, 0.1) is 0 Å². The molecule has 138 valence electrons. The number of carbonyl (C=O) groups is 2. The Labute approximate surface area is 156 Å². The molecule has 0 fully saturated rings. The summed E-state index contributed by atoms with van der Waals surface area (Å²) in [5.41, 5.74) is 0.424. The topological polar surface area (TPSA) is 92.8 Å². The molecule has 7 nitrogen and oxygen atoms in total. The number of benzene rings is 2. The van der Waals surface area contributed by atoms with Crippen molar-refractivity contribution in [1.82, 2.24) is 4.31 Å². The van der Waals surface area contributed by atoms with Gasteiger partial charge in [0.15, 0.2) is 6.61 Å². The zero-order valence-electron chi connectivity index (χ0n) is 14.1. The molecule has 0 saturated carbocycles. The van der Waals surface area contributed by atoms with Crippen molar-refractivity contribution >= 4 is 39.2 Å². The molecule has 0 spiro atoms. The zero-order chi connectivity index (χ0) is 19.3. The number of hydrogen-bond donors (Lipinski definition) is 1. The lowest BCUT2D eigenvalue weighted by molar-refractivity contribution is -0.119. The van der Waals surface area contributed by atoms with Gasteiger partial charge in [0.2, 0.25) is 10.0 Å². The molecule has 2 aromatic carbocycles. The van der Waals surface area contributed by atoms with Gasteiger partial charge in [-0.1, -0.05) is 29.8 Å². The van der Waals surface area contributed by atoms with Crippen LogP contribution in [0.2, 0.25) is 5.02 Å². The van der Waals surface area contributed by atoms with E-state index in [1.165, 1.54) is 26.2 Å². The number of sulfonamides is 1. The van der Waals surface area contributed by atoms with E-state index in [4.69, 9.17) is 16.3 Å². The van der Waals surface area contributed by atoms with Crippen molar-refractivity contribution in [1.29, 1.82) is 0 Å². The molecule has 0 saturated heterocycles. The maximum absolute atomic E-state index is 12.2. The van der Waals surface area contributed by atoms with E-state index in [0.29, 0.717) is 5.69 Å². The number of rotatable bonds is 6. The fourth-order valence-corrected chi connectivity index (χ4v) is 3.08. The second kappa shape index (κ2) is 8.31. The van der Waals surface area contributed by atoms with Crippen molar-refractivity contribution in [3.63, 3.8) is 0 Å². The number of carbonyl (C=O) groups excluding carboxylic acids is 2. The Morgan fingerprint density at radius 1 is 1.12 bits per heavy atom. The Balaban J connectivity index is 2.08. The summed E-state index contributed by atoms with van der Waals surface area (Å²) in [4.78, 5) is 23.9. The molecule has 0 radical (unpaired) electrons. The first-order valence-electron chi connectivity index (χ1n) is 7.46. The van der Waals surface area contributed by atoms with Crippen LogP contribution in [0.15, 0.2) is 53.4 Å². The van der Waals surface area contributed by atoms with Gasteiger partial charge in [0.05, 0.1) is 15.5 Å². The van der Waals surface area contributed by atoms with Gasteiger partial charge in [0.1, 0.15) is 0 Å². The number of hydrogen-bond acceptors (Lipinski definition) is 5. The van der Waals surface area contributed by atoms with Crippen LogP contribution in [0.25, 0.3) is 0 Å². The first kappa shape index (κ1) is 19.9. The minimum Gasteiger partial charge on any atom is -0.452 e. The number of esters is 1. The molecule has 0 bridgehead atoms. The second-order valence-corrected chi connectivity index (χ2v) is 7.98.